The molecule has 0 aliphatic carbocycles. The third kappa shape index (κ3) is 5.43. The van der Waals surface area contributed by atoms with Gasteiger partial charge < -0.3 is 15.2 Å². The topological polar surface area (TPSA) is 78.9 Å². The molecule has 1 atom stereocenters. The Balaban J connectivity index is 2.48. The second-order valence-electron chi connectivity index (χ2n) is 4.81. The van der Waals surface area contributed by atoms with Crippen molar-refractivity contribution in [2.24, 2.45) is 0 Å². The minimum atomic E-state index is -0.916. The van der Waals surface area contributed by atoms with Crippen molar-refractivity contribution in [3.8, 4) is 5.75 Å². The van der Waals surface area contributed by atoms with Crippen LogP contribution in [-0.2, 0) is 16.1 Å². The highest BCUT2D eigenvalue weighted by molar-refractivity contribution is 5.79. The lowest BCUT2D eigenvalue weighted by Gasteiger charge is -2.22. The number of rotatable bonds is 8. The first-order valence-corrected chi connectivity index (χ1v) is 6.80. The van der Waals surface area contributed by atoms with Gasteiger partial charge in [0.05, 0.1) is 13.7 Å². The van der Waals surface area contributed by atoms with Crippen LogP contribution in [0, 0.1) is 0 Å². The molecule has 0 spiro atoms. The zero-order chi connectivity index (χ0) is 15.8. The van der Waals surface area contributed by atoms with Crippen molar-refractivity contribution >= 4 is 11.9 Å². The van der Waals surface area contributed by atoms with Crippen molar-refractivity contribution in [1.29, 1.82) is 0 Å². The molecule has 0 radical (unpaired) electrons. The molecular formula is C15H22N2O4. The van der Waals surface area contributed by atoms with Gasteiger partial charge >= 0.3 is 5.97 Å². The van der Waals surface area contributed by atoms with Crippen LogP contribution in [0.15, 0.2) is 24.3 Å². The van der Waals surface area contributed by atoms with Gasteiger partial charge in [-0.2, -0.15) is 0 Å². The first-order valence-electron chi connectivity index (χ1n) is 6.80. The van der Waals surface area contributed by atoms with Gasteiger partial charge in [0.1, 0.15) is 11.8 Å². The Morgan fingerprint density at radius 3 is 2.71 bits per heavy atom. The molecule has 1 amide bonds. The number of aliphatic carboxylic acids is 1. The third-order valence-corrected chi connectivity index (χ3v) is 3.22. The number of hydrogen-bond acceptors (Lipinski definition) is 4. The number of carboxylic acid groups (broad SMARTS) is 1. The molecule has 1 aromatic carbocycles. The first-order chi connectivity index (χ1) is 9.97. The summed E-state index contributed by atoms with van der Waals surface area (Å²) in [5, 5.41) is 11.8. The minimum absolute atomic E-state index is 0.0504. The van der Waals surface area contributed by atoms with Crippen LogP contribution < -0.4 is 10.1 Å². The summed E-state index contributed by atoms with van der Waals surface area (Å²) in [6.45, 7) is 2.21. The summed E-state index contributed by atoms with van der Waals surface area (Å²) in [6.07, 6.45) is 0.453. The van der Waals surface area contributed by atoms with Crippen LogP contribution in [0.1, 0.15) is 18.9 Å². The molecule has 6 heteroatoms. The normalized spacial score (nSPS) is 12.0. The fourth-order valence-electron chi connectivity index (χ4n) is 2.05. The second-order valence-corrected chi connectivity index (χ2v) is 4.81. The Kier molecular flexibility index (Phi) is 6.68. The van der Waals surface area contributed by atoms with Gasteiger partial charge in [0, 0.05) is 6.54 Å². The maximum absolute atomic E-state index is 11.8. The fraction of sp³-hybridized carbons (Fsp3) is 0.467. The monoisotopic (exact) mass is 294 g/mol. The smallest absolute Gasteiger partial charge is 0.320 e. The summed E-state index contributed by atoms with van der Waals surface area (Å²) in [6, 6.07) is 6.77. The van der Waals surface area contributed by atoms with Gasteiger partial charge in [-0.1, -0.05) is 19.1 Å². The van der Waals surface area contributed by atoms with Crippen LogP contribution in [0.5, 0.6) is 5.75 Å². The summed E-state index contributed by atoms with van der Waals surface area (Å²) < 4.78 is 5.11. The highest BCUT2D eigenvalue weighted by Crippen LogP contribution is 2.12. The minimum Gasteiger partial charge on any atom is -0.497 e. The number of likely N-dealkylation sites (N-methyl/N-ethyl adjacent to an activating group) is 1. The van der Waals surface area contributed by atoms with E-state index in [0.29, 0.717) is 13.0 Å². The summed E-state index contributed by atoms with van der Waals surface area (Å²) in [5.74, 6) is -0.392. The van der Waals surface area contributed by atoms with E-state index in [1.807, 2.05) is 24.3 Å². The second kappa shape index (κ2) is 8.26. The Bertz CT molecular complexity index is 490. The lowest BCUT2D eigenvalue weighted by Crippen LogP contribution is -2.43. The van der Waals surface area contributed by atoms with Crippen molar-refractivity contribution < 1.29 is 19.4 Å². The van der Waals surface area contributed by atoms with Gasteiger partial charge in [-0.25, -0.2) is 0 Å². The predicted molar refractivity (Wildman–Crippen MR) is 79.2 cm³/mol. The molecule has 0 aliphatic rings. The Morgan fingerprint density at radius 2 is 2.14 bits per heavy atom. The van der Waals surface area contributed by atoms with Gasteiger partial charge in [-0.3, -0.25) is 14.5 Å². The zero-order valence-corrected chi connectivity index (χ0v) is 12.6. The van der Waals surface area contributed by atoms with Gasteiger partial charge in [-0.15, -0.1) is 0 Å². The molecule has 21 heavy (non-hydrogen) atoms. The van der Waals surface area contributed by atoms with Crippen molar-refractivity contribution in [3.05, 3.63) is 29.8 Å². The van der Waals surface area contributed by atoms with Crippen LogP contribution in [-0.4, -0.2) is 48.6 Å². The van der Waals surface area contributed by atoms with E-state index in [1.165, 1.54) is 4.90 Å². The van der Waals surface area contributed by atoms with Crippen LogP contribution in [0.25, 0.3) is 0 Å². The SMILES string of the molecule is CCC(C(=O)O)N(C)CC(=O)NCc1cccc(OC)c1. The average molecular weight is 294 g/mol. The largest absolute Gasteiger partial charge is 0.497 e. The number of benzene rings is 1. The molecule has 0 aliphatic heterocycles. The summed E-state index contributed by atoms with van der Waals surface area (Å²) in [7, 11) is 3.22. The molecule has 0 heterocycles. The average Bonchev–Trinajstić information content (AvgIpc) is 2.45. The van der Waals surface area contributed by atoms with Gasteiger partial charge in [0.2, 0.25) is 5.91 Å². The lowest BCUT2D eigenvalue weighted by atomic mass is 10.2. The quantitative estimate of drug-likeness (QED) is 0.751. The maximum Gasteiger partial charge on any atom is 0.320 e. The molecule has 0 saturated heterocycles. The first kappa shape index (κ1) is 17.0. The van der Waals surface area contributed by atoms with Crippen LogP contribution >= 0.6 is 0 Å². The van der Waals surface area contributed by atoms with E-state index in [4.69, 9.17) is 9.84 Å². The number of ether oxygens (including phenoxy) is 1. The number of carboxylic acids is 1. The molecule has 2 N–H and O–H groups in total. The van der Waals surface area contributed by atoms with Crippen molar-refractivity contribution in [2.45, 2.75) is 25.9 Å². The van der Waals surface area contributed by atoms with E-state index in [1.54, 1.807) is 21.1 Å². The standard InChI is InChI=1S/C15H22N2O4/c1-4-13(15(19)20)17(2)10-14(18)16-9-11-6-5-7-12(8-11)21-3/h5-8,13H,4,9-10H2,1-3H3,(H,16,18)(H,19,20). The number of carbonyl (C=O) groups is 2. The van der Waals surface area contributed by atoms with E-state index in [9.17, 15) is 9.59 Å². The Hall–Kier alpha value is -2.08. The molecule has 0 saturated carbocycles. The van der Waals surface area contributed by atoms with Gasteiger partial charge in [0.15, 0.2) is 0 Å². The molecule has 0 bridgehead atoms. The third-order valence-electron chi connectivity index (χ3n) is 3.22. The Morgan fingerprint density at radius 1 is 1.43 bits per heavy atom. The lowest BCUT2D eigenvalue weighted by molar-refractivity contribution is -0.143. The number of hydrogen-bond donors (Lipinski definition) is 2. The highest BCUT2D eigenvalue weighted by atomic mass is 16.5. The van der Waals surface area contributed by atoms with E-state index in [2.05, 4.69) is 5.32 Å². The Labute approximate surface area is 124 Å². The molecule has 1 aromatic rings. The maximum atomic E-state index is 11.8. The van der Waals surface area contributed by atoms with Crippen molar-refractivity contribution in [1.82, 2.24) is 10.2 Å². The van der Waals surface area contributed by atoms with Crippen LogP contribution in [0.4, 0.5) is 0 Å². The zero-order valence-electron chi connectivity index (χ0n) is 12.6. The van der Waals surface area contributed by atoms with E-state index >= 15 is 0 Å². The number of methoxy groups -OCH3 is 1. The summed E-state index contributed by atoms with van der Waals surface area (Å²) >= 11 is 0. The summed E-state index contributed by atoms with van der Waals surface area (Å²) in [4.78, 5) is 24.4. The van der Waals surface area contributed by atoms with Gasteiger partial charge in [0.25, 0.3) is 0 Å². The molecule has 1 unspecified atom stereocenters. The molecular weight excluding hydrogens is 272 g/mol. The van der Waals surface area contributed by atoms with Crippen molar-refractivity contribution in [2.75, 3.05) is 20.7 Å². The van der Waals surface area contributed by atoms with Crippen LogP contribution in [0.3, 0.4) is 0 Å². The van der Waals surface area contributed by atoms with Gasteiger partial charge in [-0.05, 0) is 31.2 Å². The highest BCUT2D eigenvalue weighted by Gasteiger charge is 2.21. The van der Waals surface area contributed by atoms with E-state index in [0.717, 1.165) is 11.3 Å². The molecule has 116 valence electrons. The number of amides is 1. The van der Waals surface area contributed by atoms with E-state index in [-0.39, 0.29) is 12.5 Å². The predicted octanol–water partition coefficient (Wildman–Crippen LogP) is 1.11. The van der Waals surface area contributed by atoms with Crippen LogP contribution in [0.2, 0.25) is 0 Å². The van der Waals surface area contributed by atoms with Crippen molar-refractivity contribution in [3.63, 3.8) is 0 Å². The fourth-order valence-corrected chi connectivity index (χ4v) is 2.05. The molecule has 1 rings (SSSR count). The number of carbonyl (C=O) groups excluding carboxylic acids is 1. The summed E-state index contributed by atoms with van der Waals surface area (Å²) in [5.41, 5.74) is 0.927. The molecule has 0 fully saturated rings. The van der Waals surface area contributed by atoms with E-state index < -0.39 is 12.0 Å². The number of nitrogens with zero attached hydrogens (tertiary/aromatic N) is 1. The molecule has 6 nitrogen and oxygen atoms in total. The molecule has 0 aromatic heterocycles. The number of nitrogens with one attached hydrogen (secondary N) is 1.